The number of nitrogen functional groups attached to an aromatic ring is 1. The second-order valence-electron chi connectivity index (χ2n) is 3.29. The minimum atomic E-state index is -0.0731. The Labute approximate surface area is 95.0 Å². The summed E-state index contributed by atoms with van der Waals surface area (Å²) in [6.45, 7) is 4.08. The Balaban J connectivity index is 2.56. The topological polar surface area (TPSA) is 88.1 Å². The first-order valence-corrected chi connectivity index (χ1v) is 5.10. The average Bonchev–Trinajstić information content (AvgIpc) is 2.29. The number of aromatic nitrogens is 2. The van der Waals surface area contributed by atoms with Crippen molar-refractivity contribution in [3.05, 3.63) is 18.1 Å². The maximum Gasteiger partial charge on any atom is 0.146 e. The number of likely N-dealkylation sites (N-methyl/N-ethyl adjacent to an activating group) is 1. The maximum absolute atomic E-state index is 7.19. The molecule has 0 spiro atoms. The zero-order valence-electron chi connectivity index (χ0n) is 9.60. The van der Waals surface area contributed by atoms with Crippen molar-refractivity contribution >= 4 is 11.7 Å². The summed E-state index contributed by atoms with van der Waals surface area (Å²) in [7, 11) is 1.91. The first-order chi connectivity index (χ1) is 7.65. The van der Waals surface area contributed by atoms with Crippen LogP contribution in [0.1, 0.15) is 12.6 Å². The molecular weight excluding hydrogens is 206 g/mol. The Kier molecular flexibility index (Phi) is 4.65. The molecule has 1 rings (SSSR count). The van der Waals surface area contributed by atoms with E-state index in [2.05, 4.69) is 9.97 Å². The number of hydrogen-bond acceptors (Lipinski definition) is 5. The molecule has 0 bridgehead atoms. The number of rotatable bonds is 6. The van der Waals surface area contributed by atoms with E-state index < -0.39 is 0 Å². The first kappa shape index (κ1) is 12.4. The molecule has 0 amide bonds. The van der Waals surface area contributed by atoms with Crippen molar-refractivity contribution < 1.29 is 4.74 Å². The summed E-state index contributed by atoms with van der Waals surface area (Å²) in [4.78, 5) is 10.1. The summed E-state index contributed by atoms with van der Waals surface area (Å²) < 4.78 is 5.24. The quantitative estimate of drug-likeness (QED) is 0.409. The lowest BCUT2D eigenvalue weighted by Crippen LogP contribution is -2.24. The molecule has 1 aromatic heterocycles. The third-order valence-corrected chi connectivity index (χ3v) is 2.08. The molecule has 0 unspecified atom stereocenters. The molecule has 6 nitrogen and oxygen atoms in total. The molecule has 0 fully saturated rings. The van der Waals surface area contributed by atoms with E-state index in [0.717, 1.165) is 12.4 Å². The van der Waals surface area contributed by atoms with Gasteiger partial charge in [0.15, 0.2) is 0 Å². The lowest BCUT2D eigenvalue weighted by atomic mass is 10.4. The third kappa shape index (κ3) is 3.47. The van der Waals surface area contributed by atoms with Crippen molar-refractivity contribution in [1.29, 1.82) is 5.41 Å². The standard InChI is InChI=1S/C10H17N5O/c1-3-16-5-4-15(2)9-7-13-8(6-14-9)10(11)12/h6-7H,3-5H2,1-2H3,(H3,11,12). The zero-order chi connectivity index (χ0) is 12.0. The zero-order valence-corrected chi connectivity index (χ0v) is 9.60. The predicted octanol–water partition coefficient (Wildman–Crippen LogP) is 0.233. The van der Waals surface area contributed by atoms with Crippen LogP contribution in [0, 0.1) is 5.41 Å². The largest absolute Gasteiger partial charge is 0.382 e. The number of anilines is 1. The van der Waals surface area contributed by atoms with Crippen LogP contribution in [0.3, 0.4) is 0 Å². The summed E-state index contributed by atoms with van der Waals surface area (Å²) >= 11 is 0. The highest BCUT2D eigenvalue weighted by molar-refractivity contribution is 5.92. The highest BCUT2D eigenvalue weighted by Crippen LogP contribution is 2.05. The van der Waals surface area contributed by atoms with Gasteiger partial charge in [0.25, 0.3) is 0 Å². The van der Waals surface area contributed by atoms with Gasteiger partial charge in [-0.15, -0.1) is 0 Å². The van der Waals surface area contributed by atoms with Gasteiger partial charge in [-0.1, -0.05) is 0 Å². The summed E-state index contributed by atoms with van der Waals surface area (Å²) in [5.74, 6) is 0.667. The highest BCUT2D eigenvalue weighted by Gasteiger charge is 2.04. The van der Waals surface area contributed by atoms with Crippen LogP contribution in [0.15, 0.2) is 12.4 Å². The molecule has 0 aliphatic rings. The van der Waals surface area contributed by atoms with Crippen LogP contribution in [-0.4, -0.2) is 42.6 Å². The fraction of sp³-hybridized carbons (Fsp3) is 0.500. The van der Waals surface area contributed by atoms with Crippen LogP contribution in [0.25, 0.3) is 0 Å². The van der Waals surface area contributed by atoms with Gasteiger partial charge in [0.05, 0.1) is 19.0 Å². The Bertz CT molecular complexity index is 338. The minimum Gasteiger partial charge on any atom is -0.382 e. The summed E-state index contributed by atoms with van der Waals surface area (Å²) in [5.41, 5.74) is 5.68. The molecule has 1 aromatic rings. The third-order valence-electron chi connectivity index (χ3n) is 2.08. The summed E-state index contributed by atoms with van der Waals surface area (Å²) in [5, 5.41) is 7.19. The Morgan fingerprint density at radius 1 is 1.50 bits per heavy atom. The van der Waals surface area contributed by atoms with Crippen molar-refractivity contribution in [2.24, 2.45) is 5.73 Å². The van der Waals surface area contributed by atoms with Crippen LogP contribution in [0.4, 0.5) is 5.82 Å². The van der Waals surface area contributed by atoms with Gasteiger partial charge < -0.3 is 15.4 Å². The minimum absolute atomic E-state index is 0.0731. The van der Waals surface area contributed by atoms with E-state index in [4.69, 9.17) is 15.9 Å². The maximum atomic E-state index is 7.19. The molecule has 0 aliphatic carbocycles. The second kappa shape index (κ2) is 6.02. The van der Waals surface area contributed by atoms with Gasteiger partial charge in [-0.25, -0.2) is 9.97 Å². The van der Waals surface area contributed by atoms with E-state index >= 15 is 0 Å². The van der Waals surface area contributed by atoms with Crippen molar-refractivity contribution in [1.82, 2.24) is 9.97 Å². The molecule has 16 heavy (non-hydrogen) atoms. The van der Waals surface area contributed by atoms with E-state index in [1.165, 1.54) is 6.20 Å². The van der Waals surface area contributed by atoms with Gasteiger partial charge in [-0.3, -0.25) is 5.41 Å². The van der Waals surface area contributed by atoms with Gasteiger partial charge in [0.1, 0.15) is 17.3 Å². The van der Waals surface area contributed by atoms with E-state index in [0.29, 0.717) is 18.9 Å². The fourth-order valence-corrected chi connectivity index (χ4v) is 1.12. The molecule has 0 saturated heterocycles. The second-order valence-corrected chi connectivity index (χ2v) is 3.29. The van der Waals surface area contributed by atoms with Crippen LogP contribution < -0.4 is 10.6 Å². The molecule has 0 atom stereocenters. The molecule has 0 aliphatic heterocycles. The fourth-order valence-electron chi connectivity index (χ4n) is 1.12. The first-order valence-electron chi connectivity index (χ1n) is 5.10. The monoisotopic (exact) mass is 223 g/mol. The van der Waals surface area contributed by atoms with Gasteiger partial charge >= 0.3 is 0 Å². The number of nitrogens with zero attached hydrogens (tertiary/aromatic N) is 3. The number of hydrogen-bond donors (Lipinski definition) is 2. The van der Waals surface area contributed by atoms with Gasteiger partial charge in [0.2, 0.25) is 0 Å². The number of ether oxygens (including phenoxy) is 1. The molecular formula is C10H17N5O. The van der Waals surface area contributed by atoms with Crippen molar-refractivity contribution in [3.8, 4) is 0 Å². The van der Waals surface area contributed by atoms with Crippen LogP contribution >= 0.6 is 0 Å². The van der Waals surface area contributed by atoms with E-state index in [1.807, 2.05) is 18.9 Å². The molecule has 0 saturated carbocycles. The molecule has 6 heteroatoms. The van der Waals surface area contributed by atoms with E-state index in [1.54, 1.807) is 6.20 Å². The number of amidine groups is 1. The van der Waals surface area contributed by atoms with E-state index in [-0.39, 0.29) is 5.84 Å². The highest BCUT2D eigenvalue weighted by atomic mass is 16.5. The summed E-state index contributed by atoms with van der Waals surface area (Å²) in [6.07, 6.45) is 3.09. The van der Waals surface area contributed by atoms with Crippen LogP contribution in [-0.2, 0) is 4.74 Å². The lowest BCUT2D eigenvalue weighted by Gasteiger charge is -2.17. The van der Waals surface area contributed by atoms with Gasteiger partial charge in [-0.2, -0.15) is 0 Å². The summed E-state index contributed by atoms with van der Waals surface area (Å²) in [6, 6.07) is 0. The number of nitrogens with two attached hydrogens (primary N) is 1. The molecule has 0 aromatic carbocycles. The molecule has 3 N–H and O–H groups in total. The SMILES string of the molecule is CCOCCN(C)c1cnc(C(=N)N)cn1. The predicted molar refractivity (Wildman–Crippen MR) is 62.8 cm³/mol. The van der Waals surface area contributed by atoms with Crippen LogP contribution in [0.2, 0.25) is 0 Å². The van der Waals surface area contributed by atoms with E-state index in [9.17, 15) is 0 Å². The normalized spacial score (nSPS) is 10.1. The van der Waals surface area contributed by atoms with Gasteiger partial charge in [-0.05, 0) is 6.92 Å². The van der Waals surface area contributed by atoms with Crippen molar-refractivity contribution in [2.75, 3.05) is 31.7 Å². The van der Waals surface area contributed by atoms with Gasteiger partial charge in [0, 0.05) is 20.2 Å². The van der Waals surface area contributed by atoms with Crippen LogP contribution in [0.5, 0.6) is 0 Å². The lowest BCUT2D eigenvalue weighted by molar-refractivity contribution is 0.154. The molecule has 0 radical (unpaired) electrons. The Morgan fingerprint density at radius 2 is 2.25 bits per heavy atom. The molecule has 88 valence electrons. The van der Waals surface area contributed by atoms with Crippen molar-refractivity contribution in [2.45, 2.75) is 6.92 Å². The van der Waals surface area contributed by atoms with Crippen molar-refractivity contribution in [3.63, 3.8) is 0 Å². The smallest absolute Gasteiger partial charge is 0.146 e. The average molecular weight is 223 g/mol. The Morgan fingerprint density at radius 3 is 2.75 bits per heavy atom. The number of nitrogens with one attached hydrogen (secondary N) is 1. The Hall–Kier alpha value is -1.69. The molecule has 1 heterocycles.